The number of aromatic amines is 1. The average molecular weight is 657 g/mol. The van der Waals surface area contributed by atoms with E-state index in [2.05, 4.69) is 46.2 Å². The molecule has 0 saturated carbocycles. The lowest BCUT2D eigenvalue weighted by atomic mass is 9.94. The lowest BCUT2D eigenvalue weighted by molar-refractivity contribution is -0.138. The largest absolute Gasteiger partial charge is 0.481 e. The minimum atomic E-state index is -0.905. The zero-order chi connectivity index (χ0) is 33.3. The van der Waals surface area contributed by atoms with E-state index in [4.69, 9.17) is 0 Å². The molecule has 4 rings (SSSR count). The molecule has 0 fully saturated rings. The zero-order valence-electron chi connectivity index (χ0n) is 26.6. The van der Waals surface area contributed by atoms with Crippen molar-refractivity contribution in [3.8, 4) is 0 Å². The van der Waals surface area contributed by atoms with Crippen molar-refractivity contribution in [2.75, 3.05) is 0 Å². The molecule has 0 radical (unpaired) electrons. The van der Waals surface area contributed by atoms with Crippen LogP contribution in [0.5, 0.6) is 0 Å². The quantitative estimate of drug-likeness (QED) is 0.149. The van der Waals surface area contributed by atoms with E-state index in [1.165, 1.54) is 0 Å². The first-order chi connectivity index (χ1) is 21.1. The molecule has 45 heavy (non-hydrogen) atoms. The molecule has 0 saturated heterocycles. The predicted octanol–water partition coefficient (Wildman–Crippen LogP) is 4.03. The maximum atomic E-state index is 12.6. The van der Waals surface area contributed by atoms with Gasteiger partial charge < -0.3 is 31.1 Å². The molecular formula is C33H44N4O6S2. The Balaban J connectivity index is 1.71. The number of nitrogens with one attached hydrogen (secondary N) is 4. The van der Waals surface area contributed by atoms with Crippen LogP contribution in [0.2, 0.25) is 0 Å². The van der Waals surface area contributed by atoms with Crippen molar-refractivity contribution in [2.24, 2.45) is 0 Å². The van der Waals surface area contributed by atoms with Crippen molar-refractivity contribution < 1.29 is 29.4 Å². The Labute approximate surface area is 275 Å². The summed E-state index contributed by atoms with van der Waals surface area (Å²) in [6.45, 7) is 11.5. The summed E-state index contributed by atoms with van der Waals surface area (Å²) in [5, 5.41) is 28.4. The fraction of sp³-hybridized carbons (Fsp3) is 0.515. The van der Waals surface area contributed by atoms with Crippen LogP contribution in [-0.2, 0) is 32.0 Å². The van der Waals surface area contributed by atoms with Gasteiger partial charge in [0.2, 0.25) is 11.8 Å². The van der Waals surface area contributed by atoms with E-state index in [9.17, 15) is 29.4 Å². The van der Waals surface area contributed by atoms with Gasteiger partial charge in [-0.05, 0) is 100 Å². The van der Waals surface area contributed by atoms with Gasteiger partial charge in [0.05, 0.1) is 12.1 Å². The molecule has 1 unspecified atom stereocenters. The van der Waals surface area contributed by atoms with Crippen molar-refractivity contribution in [3.63, 3.8) is 0 Å². The third-order valence-electron chi connectivity index (χ3n) is 9.34. The smallest absolute Gasteiger partial charge is 0.303 e. The molecule has 3 aliphatic heterocycles. The van der Waals surface area contributed by atoms with E-state index >= 15 is 0 Å². The van der Waals surface area contributed by atoms with Gasteiger partial charge in [0.25, 0.3) is 0 Å². The van der Waals surface area contributed by atoms with E-state index in [0.717, 1.165) is 50.5 Å². The molecule has 0 aromatic carbocycles. The second kappa shape index (κ2) is 13.9. The first-order valence-electron chi connectivity index (χ1n) is 15.3. The van der Waals surface area contributed by atoms with Gasteiger partial charge in [-0.2, -0.15) is 25.3 Å². The number of carboxylic acids is 2. The Morgan fingerprint density at radius 2 is 1.44 bits per heavy atom. The molecule has 10 nitrogen and oxygen atoms in total. The highest BCUT2D eigenvalue weighted by atomic mass is 32.1. The van der Waals surface area contributed by atoms with Crippen LogP contribution in [-0.4, -0.2) is 67.6 Å². The van der Waals surface area contributed by atoms with Crippen LogP contribution in [0.15, 0.2) is 39.1 Å². The number of aromatic nitrogens is 1. The maximum absolute atomic E-state index is 12.6. The Hall–Kier alpha value is -3.38. The Morgan fingerprint density at radius 3 is 2.02 bits per heavy atom. The third-order valence-corrected chi connectivity index (χ3v) is 9.87. The van der Waals surface area contributed by atoms with Gasteiger partial charge in [0, 0.05) is 64.0 Å². The number of amides is 2. The number of rotatable bonds is 13. The fourth-order valence-corrected chi connectivity index (χ4v) is 7.58. The molecule has 3 aliphatic rings. The van der Waals surface area contributed by atoms with E-state index in [0.29, 0.717) is 36.8 Å². The van der Waals surface area contributed by atoms with Gasteiger partial charge >= 0.3 is 11.9 Å². The first-order valence-corrected chi connectivity index (χ1v) is 16.3. The summed E-state index contributed by atoms with van der Waals surface area (Å²) < 4.78 is 0. The summed E-state index contributed by atoms with van der Waals surface area (Å²) in [7, 11) is 0. The summed E-state index contributed by atoms with van der Waals surface area (Å²) in [5.74, 6) is -2.03. The summed E-state index contributed by atoms with van der Waals surface area (Å²) >= 11 is 9.10. The van der Waals surface area contributed by atoms with E-state index in [1.54, 1.807) is 6.92 Å². The minimum Gasteiger partial charge on any atom is -0.481 e. The van der Waals surface area contributed by atoms with E-state index < -0.39 is 11.9 Å². The highest BCUT2D eigenvalue weighted by Gasteiger charge is 2.36. The normalized spacial score (nSPS) is 24.0. The molecule has 2 amide bonds. The number of hydrogen-bond acceptors (Lipinski definition) is 7. The molecule has 5 atom stereocenters. The number of hydrogen-bond donors (Lipinski definition) is 8. The molecule has 0 aliphatic carbocycles. The van der Waals surface area contributed by atoms with Crippen molar-refractivity contribution in [3.05, 3.63) is 61.7 Å². The Kier molecular flexibility index (Phi) is 10.7. The van der Waals surface area contributed by atoms with Crippen LogP contribution in [0.3, 0.4) is 0 Å². The number of carbonyl (C=O) groups excluding carboxylic acids is 2. The highest BCUT2D eigenvalue weighted by Crippen LogP contribution is 2.36. The molecule has 0 spiro atoms. The molecule has 1 aromatic heterocycles. The molecule has 244 valence electrons. The second-order valence-corrected chi connectivity index (χ2v) is 13.9. The van der Waals surface area contributed by atoms with Gasteiger partial charge in [-0.3, -0.25) is 19.2 Å². The van der Waals surface area contributed by atoms with Crippen LogP contribution >= 0.6 is 25.3 Å². The van der Waals surface area contributed by atoms with Gasteiger partial charge in [-0.25, -0.2) is 0 Å². The number of allylic oxidation sites excluding steroid dienone is 1. The highest BCUT2D eigenvalue weighted by molar-refractivity contribution is 7.81. The number of thiol groups is 2. The van der Waals surface area contributed by atoms with E-state index in [1.807, 2.05) is 40.7 Å². The topological polar surface area (TPSA) is 161 Å². The summed E-state index contributed by atoms with van der Waals surface area (Å²) in [6, 6.07) is -0.559. The SMILES string of the molecule is CC1=C([C@H](C)S)[C@H](Cc2[nH]c(/C=C3\NC(C[C@H]4NC(=O)C([C@@H](C)S)=C4C)C(C)=C3CCC(=O)O)c(CCC(=O)O)c2C)NC1=O. The second-order valence-electron chi connectivity index (χ2n) is 12.3. The predicted molar refractivity (Wildman–Crippen MR) is 180 cm³/mol. The van der Waals surface area contributed by atoms with Gasteiger partial charge in [0.1, 0.15) is 0 Å². The van der Waals surface area contributed by atoms with Crippen LogP contribution in [0.25, 0.3) is 6.08 Å². The maximum Gasteiger partial charge on any atom is 0.303 e. The van der Waals surface area contributed by atoms with Crippen LogP contribution in [0.1, 0.15) is 82.8 Å². The molecule has 1 aromatic rings. The standard InChI is InChI=1S/C33H44N4O6S2/c1-14-20(7-9-28(38)39)25(34-22(14)11-24-16(3)31(19(6)45)33(43)36-24)13-26-21(8-10-29(40)41)15(2)23(35-26)12-27-30(18(5)44)17(4)32(42)37-27/h13,18-19,22,24,27,34-35,44-45H,7-12H2,1-6H3,(H,36,43)(H,37,42)(H,38,39)(H,40,41)/b25-13-/t18-,19+,22?,24+,27-/m0/s1. The zero-order valence-corrected chi connectivity index (χ0v) is 28.4. The summed E-state index contributed by atoms with van der Waals surface area (Å²) in [5.41, 5.74) is 9.35. The number of H-pyrrole nitrogens is 1. The van der Waals surface area contributed by atoms with Crippen LogP contribution < -0.4 is 16.0 Å². The number of carbonyl (C=O) groups is 4. The van der Waals surface area contributed by atoms with Crippen molar-refractivity contribution in [2.45, 2.75) is 109 Å². The first kappa shape index (κ1) is 34.5. The van der Waals surface area contributed by atoms with Gasteiger partial charge in [0.15, 0.2) is 0 Å². The third kappa shape index (κ3) is 7.38. The fourth-order valence-electron chi connectivity index (χ4n) is 6.88. The number of carboxylic acid groups (broad SMARTS) is 2. The van der Waals surface area contributed by atoms with Crippen molar-refractivity contribution in [1.82, 2.24) is 20.9 Å². The lowest BCUT2D eigenvalue weighted by Gasteiger charge is -2.20. The summed E-state index contributed by atoms with van der Waals surface area (Å²) in [6.07, 6.45) is 3.55. The lowest BCUT2D eigenvalue weighted by Crippen LogP contribution is -2.36. The van der Waals surface area contributed by atoms with Crippen LogP contribution in [0.4, 0.5) is 0 Å². The molecular weight excluding hydrogens is 613 g/mol. The molecule has 4 heterocycles. The Morgan fingerprint density at radius 1 is 0.844 bits per heavy atom. The van der Waals surface area contributed by atoms with Crippen LogP contribution in [0, 0.1) is 6.92 Å². The molecule has 0 bridgehead atoms. The van der Waals surface area contributed by atoms with Crippen molar-refractivity contribution in [1.29, 1.82) is 0 Å². The van der Waals surface area contributed by atoms with E-state index in [-0.39, 0.29) is 53.3 Å². The van der Waals surface area contributed by atoms with Gasteiger partial charge in [-0.1, -0.05) is 0 Å². The minimum absolute atomic E-state index is 0.0442. The van der Waals surface area contributed by atoms with Gasteiger partial charge in [-0.15, -0.1) is 0 Å². The van der Waals surface area contributed by atoms with Crippen molar-refractivity contribution >= 4 is 55.1 Å². The monoisotopic (exact) mass is 656 g/mol. The average Bonchev–Trinajstić information content (AvgIpc) is 3.59. The summed E-state index contributed by atoms with van der Waals surface area (Å²) in [4.78, 5) is 51.8. The molecule has 12 heteroatoms. The molecule has 6 N–H and O–H groups in total. The number of aliphatic carboxylic acids is 2. The Bertz CT molecular complexity index is 1550.